The summed E-state index contributed by atoms with van der Waals surface area (Å²) >= 11 is 0. The van der Waals surface area contributed by atoms with Crippen molar-refractivity contribution in [3.8, 4) is 17.2 Å². The number of ether oxygens (including phenoxy) is 3. The molecule has 6 nitrogen and oxygen atoms in total. The number of amides is 2. The highest BCUT2D eigenvalue weighted by atomic mass is 19.3. The average Bonchev–Trinajstić information content (AvgIpc) is 3.18. The van der Waals surface area contributed by atoms with E-state index in [1.807, 2.05) is 12.1 Å². The van der Waals surface area contributed by atoms with Crippen molar-refractivity contribution in [3.63, 3.8) is 0 Å². The van der Waals surface area contributed by atoms with E-state index in [0.29, 0.717) is 18.0 Å². The van der Waals surface area contributed by atoms with E-state index >= 15 is 0 Å². The first-order chi connectivity index (χ1) is 13.5. The third-order valence-electron chi connectivity index (χ3n) is 4.66. The summed E-state index contributed by atoms with van der Waals surface area (Å²) in [4.78, 5) is 14.5. The van der Waals surface area contributed by atoms with E-state index < -0.39 is 6.61 Å². The van der Waals surface area contributed by atoms with Gasteiger partial charge in [-0.05, 0) is 37.1 Å². The largest absolute Gasteiger partial charge is 0.497 e. The van der Waals surface area contributed by atoms with Gasteiger partial charge in [-0.3, -0.25) is 0 Å². The summed E-state index contributed by atoms with van der Waals surface area (Å²) in [7, 11) is 3.14. The number of para-hydroxylation sites is 2. The lowest BCUT2D eigenvalue weighted by molar-refractivity contribution is -0.0493. The first-order valence-electron chi connectivity index (χ1n) is 8.87. The van der Waals surface area contributed by atoms with Gasteiger partial charge in [0, 0.05) is 18.2 Å². The number of hydrogen-bond donors (Lipinski definition) is 1. The molecule has 0 spiro atoms. The molecule has 0 bridgehead atoms. The Labute approximate surface area is 162 Å². The number of methoxy groups -OCH3 is 2. The molecule has 1 unspecified atom stereocenters. The molecule has 1 saturated heterocycles. The zero-order valence-corrected chi connectivity index (χ0v) is 15.7. The second-order valence-electron chi connectivity index (χ2n) is 6.26. The van der Waals surface area contributed by atoms with Gasteiger partial charge in [-0.1, -0.05) is 12.1 Å². The van der Waals surface area contributed by atoms with E-state index in [1.54, 1.807) is 37.3 Å². The van der Waals surface area contributed by atoms with Crippen molar-refractivity contribution >= 4 is 11.7 Å². The molecule has 0 radical (unpaired) electrons. The van der Waals surface area contributed by atoms with E-state index in [1.165, 1.54) is 12.1 Å². The van der Waals surface area contributed by atoms with E-state index in [2.05, 4.69) is 10.1 Å². The van der Waals surface area contributed by atoms with Crippen LogP contribution in [0, 0.1) is 0 Å². The highest BCUT2D eigenvalue weighted by molar-refractivity contribution is 5.91. The maximum atomic E-state index is 12.9. The summed E-state index contributed by atoms with van der Waals surface area (Å²) in [5.74, 6) is 1.21. The van der Waals surface area contributed by atoms with Crippen molar-refractivity contribution in [2.24, 2.45) is 0 Å². The smallest absolute Gasteiger partial charge is 0.387 e. The predicted octanol–water partition coefficient (Wildman–Crippen LogP) is 4.67. The molecule has 28 heavy (non-hydrogen) atoms. The van der Waals surface area contributed by atoms with Gasteiger partial charge < -0.3 is 24.4 Å². The van der Waals surface area contributed by atoms with Crippen molar-refractivity contribution < 1.29 is 27.8 Å². The molecule has 2 aromatic rings. The topological polar surface area (TPSA) is 60.0 Å². The molecule has 2 amide bonds. The van der Waals surface area contributed by atoms with Crippen LogP contribution >= 0.6 is 0 Å². The van der Waals surface area contributed by atoms with Crippen LogP contribution in [0.25, 0.3) is 0 Å². The number of anilines is 1. The van der Waals surface area contributed by atoms with Gasteiger partial charge in [-0.25, -0.2) is 4.79 Å². The Kier molecular flexibility index (Phi) is 6.18. The lowest BCUT2D eigenvalue weighted by Gasteiger charge is -2.27. The van der Waals surface area contributed by atoms with Crippen LogP contribution in [0.15, 0.2) is 42.5 Å². The molecule has 3 rings (SSSR count). The minimum absolute atomic E-state index is 0.0800. The number of benzene rings is 2. The zero-order valence-electron chi connectivity index (χ0n) is 15.7. The van der Waals surface area contributed by atoms with Gasteiger partial charge in [0.05, 0.1) is 25.9 Å². The molecular formula is C20H22F2N2O4. The number of hydrogen-bond acceptors (Lipinski definition) is 4. The third kappa shape index (κ3) is 4.27. The SMILES string of the molecule is COc1ccc(C2CCCN2C(=O)Nc2ccccc2OC(F)F)c(OC)c1. The maximum absolute atomic E-state index is 12.9. The second kappa shape index (κ2) is 8.77. The standard InChI is InChI=1S/C20H22F2N2O4/c1-26-13-9-10-14(18(12-13)27-2)16-7-5-11-24(16)20(25)23-15-6-3-4-8-17(15)28-19(21)22/h3-4,6,8-10,12,16,19H,5,7,11H2,1-2H3,(H,23,25). The molecule has 150 valence electrons. The van der Waals surface area contributed by atoms with Gasteiger partial charge >= 0.3 is 12.6 Å². The Morgan fingerprint density at radius 1 is 1.14 bits per heavy atom. The fourth-order valence-corrected chi connectivity index (χ4v) is 3.38. The highest BCUT2D eigenvalue weighted by Crippen LogP contribution is 2.39. The molecule has 1 heterocycles. The molecule has 0 saturated carbocycles. The zero-order chi connectivity index (χ0) is 20.1. The van der Waals surface area contributed by atoms with Gasteiger partial charge in [0.15, 0.2) is 0 Å². The fourth-order valence-electron chi connectivity index (χ4n) is 3.38. The summed E-state index contributed by atoms with van der Waals surface area (Å²) in [6.07, 6.45) is 1.59. The van der Waals surface area contributed by atoms with Crippen LogP contribution in [-0.2, 0) is 0 Å². The molecule has 1 atom stereocenters. The summed E-state index contributed by atoms with van der Waals surface area (Å²) in [6.45, 7) is -2.43. The number of carbonyl (C=O) groups excluding carboxylic acids is 1. The van der Waals surface area contributed by atoms with Gasteiger partial charge in [0.25, 0.3) is 0 Å². The van der Waals surface area contributed by atoms with Gasteiger partial charge in [-0.2, -0.15) is 8.78 Å². The van der Waals surface area contributed by atoms with Crippen LogP contribution in [0.5, 0.6) is 17.2 Å². The van der Waals surface area contributed by atoms with Crippen LogP contribution in [0.2, 0.25) is 0 Å². The molecule has 1 fully saturated rings. The van der Waals surface area contributed by atoms with Gasteiger partial charge in [0.1, 0.15) is 17.2 Å². The number of rotatable bonds is 6. The Balaban J connectivity index is 1.81. The van der Waals surface area contributed by atoms with Crippen molar-refractivity contribution in [2.45, 2.75) is 25.5 Å². The Morgan fingerprint density at radius 2 is 1.93 bits per heavy atom. The number of alkyl halides is 2. The first-order valence-corrected chi connectivity index (χ1v) is 8.87. The van der Waals surface area contributed by atoms with Crippen molar-refractivity contribution in [2.75, 3.05) is 26.1 Å². The Bertz CT molecular complexity index is 832. The van der Waals surface area contributed by atoms with Gasteiger partial charge in [0.2, 0.25) is 0 Å². The fraction of sp³-hybridized carbons (Fsp3) is 0.350. The first kappa shape index (κ1) is 19.7. The molecule has 0 aromatic heterocycles. The normalized spacial score (nSPS) is 16.2. The minimum atomic E-state index is -2.97. The molecule has 1 N–H and O–H groups in total. The number of nitrogens with one attached hydrogen (secondary N) is 1. The quantitative estimate of drug-likeness (QED) is 0.776. The van der Waals surface area contributed by atoms with Crippen LogP contribution in [0.1, 0.15) is 24.4 Å². The molecule has 1 aliphatic rings. The Morgan fingerprint density at radius 3 is 2.64 bits per heavy atom. The second-order valence-corrected chi connectivity index (χ2v) is 6.26. The minimum Gasteiger partial charge on any atom is -0.497 e. The molecule has 8 heteroatoms. The Hall–Kier alpha value is -3.03. The van der Waals surface area contributed by atoms with Crippen molar-refractivity contribution in [1.29, 1.82) is 0 Å². The van der Waals surface area contributed by atoms with Gasteiger partial charge in [-0.15, -0.1) is 0 Å². The monoisotopic (exact) mass is 392 g/mol. The van der Waals surface area contributed by atoms with E-state index in [9.17, 15) is 13.6 Å². The number of halogens is 2. The number of likely N-dealkylation sites (tertiary alicyclic amines) is 1. The molecule has 1 aliphatic heterocycles. The van der Waals surface area contributed by atoms with Crippen LogP contribution in [-0.4, -0.2) is 38.3 Å². The summed E-state index contributed by atoms with van der Waals surface area (Å²) in [5, 5.41) is 2.68. The number of carbonyl (C=O) groups is 1. The maximum Gasteiger partial charge on any atom is 0.387 e. The summed E-state index contributed by atoms with van der Waals surface area (Å²) in [6, 6.07) is 11.0. The van der Waals surface area contributed by atoms with E-state index in [4.69, 9.17) is 9.47 Å². The third-order valence-corrected chi connectivity index (χ3v) is 4.66. The van der Waals surface area contributed by atoms with E-state index in [0.717, 1.165) is 18.4 Å². The number of urea groups is 1. The van der Waals surface area contributed by atoms with Crippen LogP contribution in [0.3, 0.4) is 0 Å². The average molecular weight is 392 g/mol. The summed E-state index contributed by atoms with van der Waals surface area (Å²) < 4.78 is 40.4. The van der Waals surface area contributed by atoms with Crippen LogP contribution < -0.4 is 19.5 Å². The number of nitrogens with zero attached hydrogens (tertiary/aromatic N) is 1. The van der Waals surface area contributed by atoms with E-state index in [-0.39, 0.29) is 23.5 Å². The molecule has 2 aromatic carbocycles. The lowest BCUT2D eigenvalue weighted by atomic mass is 10.0. The lowest BCUT2D eigenvalue weighted by Crippen LogP contribution is -2.34. The van der Waals surface area contributed by atoms with Crippen LogP contribution in [0.4, 0.5) is 19.3 Å². The highest BCUT2D eigenvalue weighted by Gasteiger charge is 2.32. The van der Waals surface area contributed by atoms with Crippen molar-refractivity contribution in [3.05, 3.63) is 48.0 Å². The predicted molar refractivity (Wildman–Crippen MR) is 100 cm³/mol. The summed E-state index contributed by atoms with van der Waals surface area (Å²) in [5.41, 5.74) is 1.06. The molecule has 0 aliphatic carbocycles. The molecular weight excluding hydrogens is 370 g/mol. The van der Waals surface area contributed by atoms with Crippen molar-refractivity contribution in [1.82, 2.24) is 4.90 Å².